The Hall–Kier alpha value is -2.35. The number of ketones is 1. The van der Waals surface area contributed by atoms with Crippen molar-refractivity contribution in [1.82, 2.24) is 9.47 Å². The van der Waals surface area contributed by atoms with Crippen LogP contribution in [-0.4, -0.2) is 59.2 Å². The summed E-state index contributed by atoms with van der Waals surface area (Å²) < 4.78 is 11.0. The summed E-state index contributed by atoms with van der Waals surface area (Å²) in [5.41, 5.74) is -0.282. The van der Waals surface area contributed by atoms with E-state index in [9.17, 15) is 19.5 Å². The molecule has 1 unspecified atom stereocenters. The first kappa shape index (κ1) is 18.7. The van der Waals surface area contributed by atoms with E-state index in [1.165, 1.54) is 22.8 Å². The van der Waals surface area contributed by atoms with Gasteiger partial charge in [0.15, 0.2) is 11.4 Å². The highest BCUT2D eigenvalue weighted by Crippen LogP contribution is 2.31. The van der Waals surface area contributed by atoms with Crippen LogP contribution in [0.15, 0.2) is 6.20 Å². The van der Waals surface area contributed by atoms with E-state index in [0.717, 1.165) is 7.11 Å². The first-order chi connectivity index (χ1) is 11.0. The maximum Gasteiger partial charge on any atom is 0.379 e. The number of amides is 1. The standard InChI is InChI=1S/C13H16N2O6.C2H6/c1-4-15-8(20-2)6-14-5-7(11(17)13(19)21-3)10(16)9(14)12(15)18;1-2/h5,8,16H,4,6H2,1-3H3;1-2H3. The zero-order chi connectivity index (χ0) is 17.7. The molecule has 23 heavy (non-hydrogen) atoms. The van der Waals surface area contributed by atoms with Gasteiger partial charge in [-0.15, -0.1) is 0 Å². The SMILES string of the molecule is CC.CCN1C(=O)c2c(O)c(C(=O)C(=O)OC)cn2CC1OC. The third kappa shape index (κ3) is 3.21. The van der Waals surface area contributed by atoms with Crippen molar-refractivity contribution in [3.63, 3.8) is 0 Å². The Bertz CT molecular complexity index is 607. The fourth-order valence-corrected chi connectivity index (χ4v) is 2.36. The van der Waals surface area contributed by atoms with Crippen LogP contribution in [0.5, 0.6) is 5.75 Å². The Morgan fingerprint density at radius 1 is 1.35 bits per heavy atom. The van der Waals surface area contributed by atoms with Crippen LogP contribution < -0.4 is 0 Å². The van der Waals surface area contributed by atoms with Gasteiger partial charge >= 0.3 is 5.97 Å². The smallest absolute Gasteiger partial charge is 0.379 e. The molecule has 0 radical (unpaired) electrons. The summed E-state index contributed by atoms with van der Waals surface area (Å²) in [6.45, 7) is 6.43. The largest absolute Gasteiger partial charge is 0.505 e. The molecule has 2 heterocycles. The fraction of sp³-hybridized carbons (Fsp3) is 0.533. The van der Waals surface area contributed by atoms with Crippen LogP contribution >= 0.6 is 0 Å². The average molecular weight is 326 g/mol. The lowest BCUT2D eigenvalue weighted by Gasteiger charge is -2.34. The maximum absolute atomic E-state index is 12.4. The Morgan fingerprint density at radius 2 is 1.96 bits per heavy atom. The van der Waals surface area contributed by atoms with Gasteiger partial charge in [-0.2, -0.15) is 0 Å². The predicted octanol–water partition coefficient (Wildman–Crippen LogP) is 1.02. The molecule has 2 rings (SSSR count). The summed E-state index contributed by atoms with van der Waals surface area (Å²) in [5, 5.41) is 10.1. The molecule has 0 saturated heterocycles. The molecule has 0 saturated carbocycles. The molecule has 0 bridgehead atoms. The van der Waals surface area contributed by atoms with Crippen LogP contribution in [0.25, 0.3) is 0 Å². The van der Waals surface area contributed by atoms with Gasteiger partial charge in [-0.25, -0.2) is 4.79 Å². The molecular formula is C15H22N2O6. The molecule has 1 N–H and O–H groups in total. The molecule has 0 aromatic carbocycles. The number of carbonyl (C=O) groups excluding carboxylic acids is 3. The number of carbonyl (C=O) groups is 3. The molecule has 1 atom stereocenters. The summed E-state index contributed by atoms with van der Waals surface area (Å²) in [6.07, 6.45) is 0.767. The second-order valence-electron chi connectivity index (χ2n) is 4.49. The number of esters is 1. The van der Waals surface area contributed by atoms with E-state index in [-0.39, 0.29) is 17.8 Å². The number of nitrogens with zero attached hydrogens (tertiary/aromatic N) is 2. The molecular weight excluding hydrogens is 304 g/mol. The van der Waals surface area contributed by atoms with Gasteiger partial charge in [-0.1, -0.05) is 13.8 Å². The molecule has 0 fully saturated rings. The number of rotatable bonds is 4. The lowest BCUT2D eigenvalue weighted by molar-refractivity contribution is -0.135. The van der Waals surface area contributed by atoms with E-state index in [0.29, 0.717) is 6.54 Å². The minimum absolute atomic E-state index is 0.0302. The highest BCUT2D eigenvalue weighted by molar-refractivity contribution is 6.41. The van der Waals surface area contributed by atoms with E-state index < -0.39 is 29.6 Å². The van der Waals surface area contributed by atoms with Gasteiger partial charge in [0.05, 0.1) is 19.2 Å². The third-order valence-corrected chi connectivity index (χ3v) is 3.44. The topological polar surface area (TPSA) is 98.1 Å². The van der Waals surface area contributed by atoms with E-state index in [2.05, 4.69) is 4.74 Å². The maximum atomic E-state index is 12.4. The van der Waals surface area contributed by atoms with E-state index in [1.54, 1.807) is 6.92 Å². The van der Waals surface area contributed by atoms with Crippen LogP contribution in [0.2, 0.25) is 0 Å². The number of aromatic nitrogens is 1. The minimum atomic E-state index is -1.10. The second-order valence-corrected chi connectivity index (χ2v) is 4.49. The van der Waals surface area contributed by atoms with Crippen molar-refractivity contribution < 1.29 is 29.0 Å². The van der Waals surface area contributed by atoms with Crippen LogP contribution in [0, 0.1) is 0 Å². The first-order valence-corrected chi connectivity index (χ1v) is 7.34. The number of Topliss-reactive ketones (excluding diaryl/α,β-unsaturated/α-hetero) is 1. The average Bonchev–Trinajstić information content (AvgIpc) is 2.91. The number of likely N-dealkylation sites (N-methyl/N-ethyl adjacent to an activating group) is 1. The Kier molecular flexibility index (Phi) is 6.32. The molecule has 1 amide bonds. The van der Waals surface area contributed by atoms with Crippen molar-refractivity contribution in [3.8, 4) is 5.75 Å². The molecule has 8 heteroatoms. The van der Waals surface area contributed by atoms with Crippen molar-refractivity contribution in [3.05, 3.63) is 17.5 Å². The second kappa shape index (κ2) is 7.77. The number of hydrogen-bond acceptors (Lipinski definition) is 6. The quantitative estimate of drug-likeness (QED) is 0.504. The van der Waals surface area contributed by atoms with E-state index in [1.807, 2.05) is 13.8 Å². The van der Waals surface area contributed by atoms with Gasteiger partial charge in [0.1, 0.15) is 6.23 Å². The van der Waals surface area contributed by atoms with Crippen molar-refractivity contribution in [2.45, 2.75) is 33.5 Å². The fourth-order valence-electron chi connectivity index (χ4n) is 2.36. The highest BCUT2D eigenvalue weighted by Gasteiger charge is 2.37. The highest BCUT2D eigenvalue weighted by atomic mass is 16.5. The Balaban J connectivity index is 0.00000127. The number of methoxy groups -OCH3 is 2. The summed E-state index contributed by atoms with van der Waals surface area (Å²) in [6, 6.07) is 0. The number of ether oxygens (including phenoxy) is 2. The number of aromatic hydroxyl groups is 1. The molecule has 0 spiro atoms. The van der Waals surface area contributed by atoms with Gasteiger partial charge < -0.3 is 24.0 Å². The molecule has 128 valence electrons. The predicted molar refractivity (Wildman–Crippen MR) is 81.3 cm³/mol. The number of hydrogen-bond donors (Lipinski definition) is 1. The summed E-state index contributed by atoms with van der Waals surface area (Å²) in [5.74, 6) is -3.07. The lowest BCUT2D eigenvalue weighted by atomic mass is 10.1. The lowest BCUT2D eigenvalue weighted by Crippen LogP contribution is -2.48. The molecule has 1 aliphatic heterocycles. The van der Waals surface area contributed by atoms with Crippen molar-refractivity contribution >= 4 is 17.7 Å². The summed E-state index contributed by atoms with van der Waals surface area (Å²) >= 11 is 0. The molecule has 0 aliphatic carbocycles. The van der Waals surface area contributed by atoms with E-state index in [4.69, 9.17) is 4.74 Å². The zero-order valence-electron chi connectivity index (χ0n) is 14.0. The third-order valence-electron chi connectivity index (χ3n) is 3.44. The Labute approximate surface area is 134 Å². The van der Waals surface area contributed by atoms with Gasteiger partial charge in [-0.3, -0.25) is 9.59 Å². The molecule has 1 aromatic heterocycles. The van der Waals surface area contributed by atoms with Gasteiger partial charge in [0, 0.05) is 19.9 Å². The minimum Gasteiger partial charge on any atom is -0.505 e. The van der Waals surface area contributed by atoms with Crippen LogP contribution in [0.1, 0.15) is 41.6 Å². The molecule has 1 aromatic rings. The van der Waals surface area contributed by atoms with Crippen molar-refractivity contribution in [2.24, 2.45) is 0 Å². The Morgan fingerprint density at radius 3 is 2.43 bits per heavy atom. The van der Waals surface area contributed by atoms with Crippen LogP contribution in [0.3, 0.4) is 0 Å². The van der Waals surface area contributed by atoms with Gasteiger partial charge in [0.25, 0.3) is 11.7 Å². The van der Waals surface area contributed by atoms with Gasteiger partial charge in [-0.05, 0) is 6.92 Å². The normalized spacial score (nSPS) is 16.3. The monoisotopic (exact) mass is 326 g/mol. The molecule has 1 aliphatic rings. The van der Waals surface area contributed by atoms with E-state index >= 15 is 0 Å². The molecule has 8 nitrogen and oxygen atoms in total. The van der Waals surface area contributed by atoms with Crippen molar-refractivity contribution in [2.75, 3.05) is 20.8 Å². The summed E-state index contributed by atoms with van der Waals surface area (Å²) in [4.78, 5) is 36.9. The zero-order valence-corrected chi connectivity index (χ0v) is 14.0. The number of fused-ring (bicyclic) bond motifs is 1. The van der Waals surface area contributed by atoms with Crippen LogP contribution in [-0.2, 0) is 20.8 Å². The van der Waals surface area contributed by atoms with Crippen molar-refractivity contribution in [1.29, 1.82) is 0 Å². The van der Waals surface area contributed by atoms with Gasteiger partial charge in [0.2, 0.25) is 0 Å². The van der Waals surface area contributed by atoms with Crippen LogP contribution in [0.4, 0.5) is 0 Å². The summed E-state index contributed by atoms with van der Waals surface area (Å²) in [7, 11) is 2.54. The first-order valence-electron chi connectivity index (χ1n) is 7.34.